The zero-order valence-corrected chi connectivity index (χ0v) is 10.7. The van der Waals surface area contributed by atoms with Crippen LogP contribution in [0.5, 0.6) is 0 Å². The molecule has 1 amide bonds. The van der Waals surface area contributed by atoms with E-state index in [0.717, 1.165) is 29.8 Å². The van der Waals surface area contributed by atoms with Gasteiger partial charge in [-0.1, -0.05) is 24.6 Å². The fraction of sp³-hybridized carbons (Fsp3) is 0.429. The summed E-state index contributed by atoms with van der Waals surface area (Å²) in [4.78, 5) is 13.8. The minimum absolute atomic E-state index is 0.0226. The lowest BCUT2D eigenvalue weighted by molar-refractivity contribution is -0.119. The number of nitriles is 1. The Bertz CT molecular complexity index is 504. The fourth-order valence-electron chi connectivity index (χ4n) is 2.28. The van der Waals surface area contributed by atoms with Crippen molar-refractivity contribution in [2.45, 2.75) is 26.3 Å². The Labute approximate surface area is 107 Å². The first kappa shape index (κ1) is 12.6. The molecule has 1 N–H and O–H groups in total. The van der Waals surface area contributed by atoms with Gasteiger partial charge in [0.15, 0.2) is 0 Å². The SMILES string of the molecule is CCCNC1C(=O)N(CC#N)c2ccc(C)cc21. The van der Waals surface area contributed by atoms with Crippen LogP contribution in [0, 0.1) is 18.3 Å². The normalized spacial score (nSPS) is 17.7. The molecule has 1 aromatic carbocycles. The van der Waals surface area contributed by atoms with E-state index in [1.54, 1.807) is 4.90 Å². The van der Waals surface area contributed by atoms with Crippen molar-refractivity contribution in [3.8, 4) is 6.07 Å². The third-order valence-corrected chi connectivity index (χ3v) is 3.13. The summed E-state index contributed by atoms with van der Waals surface area (Å²) in [6.45, 7) is 4.98. The predicted octanol–water partition coefficient (Wildman–Crippen LogP) is 1.91. The molecule has 1 unspecified atom stereocenters. The topological polar surface area (TPSA) is 56.1 Å². The number of carbonyl (C=O) groups is 1. The molecule has 0 saturated heterocycles. The second kappa shape index (κ2) is 5.19. The van der Waals surface area contributed by atoms with Gasteiger partial charge in [-0.05, 0) is 26.0 Å². The molecule has 1 atom stereocenters. The van der Waals surface area contributed by atoms with E-state index in [2.05, 4.69) is 12.2 Å². The highest BCUT2D eigenvalue weighted by molar-refractivity contribution is 6.05. The summed E-state index contributed by atoms with van der Waals surface area (Å²) in [7, 11) is 0. The van der Waals surface area contributed by atoms with E-state index >= 15 is 0 Å². The lowest BCUT2D eigenvalue weighted by Gasteiger charge is -2.14. The van der Waals surface area contributed by atoms with Crippen molar-refractivity contribution in [3.05, 3.63) is 29.3 Å². The van der Waals surface area contributed by atoms with Gasteiger partial charge >= 0.3 is 0 Å². The van der Waals surface area contributed by atoms with E-state index < -0.39 is 0 Å². The number of benzene rings is 1. The van der Waals surface area contributed by atoms with E-state index in [1.807, 2.05) is 31.2 Å². The van der Waals surface area contributed by atoms with Gasteiger partial charge in [-0.15, -0.1) is 0 Å². The maximum Gasteiger partial charge on any atom is 0.249 e. The molecule has 2 rings (SSSR count). The number of rotatable bonds is 4. The molecule has 1 aliphatic rings. The molecule has 4 nitrogen and oxygen atoms in total. The van der Waals surface area contributed by atoms with Crippen LogP contribution in [-0.4, -0.2) is 19.0 Å². The molecule has 4 heteroatoms. The fourth-order valence-corrected chi connectivity index (χ4v) is 2.28. The van der Waals surface area contributed by atoms with Crippen molar-refractivity contribution in [1.29, 1.82) is 5.26 Å². The summed E-state index contributed by atoms with van der Waals surface area (Å²) >= 11 is 0. The van der Waals surface area contributed by atoms with Gasteiger partial charge in [-0.25, -0.2) is 0 Å². The Morgan fingerprint density at radius 3 is 2.94 bits per heavy atom. The molecule has 0 radical (unpaired) electrons. The number of nitrogens with zero attached hydrogens (tertiary/aromatic N) is 2. The molecular weight excluding hydrogens is 226 g/mol. The number of amides is 1. The van der Waals surface area contributed by atoms with E-state index in [9.17, 15) is 4.79 Å². The standard InChI is InChI=1S/C14H17N3O/c1-3-7-16-13-11-9-10(2)4-5-12(11)17(8-6-15)14(13)18/h4-5,9,13,16H,3,7-8H2,1-2H3. The number of nitrogens with one attached hydrogen (secondary N) is 1. The Morgan fingerprint density at radius 1 is 1.50 bits per heavy atom. The van der Waals surface area contributed by atoms with Gasteiger partial charge in [-0.3, -0.25) is 9.69 Å². The third-order valence-electron chi connectivity index (χ3n) is 3.13. The van der Waals surface area contributed by atoms with Gasteiger partial charge in [0.2, 0.25) is 5.91 Å². The number of aryl methyl sites for hydroxylation is 1. The molecule has 18 heavy (non-hydrogen) atoms. The number of hydrogen-bond donors (Lipinski definition) is 1. The Kier molecular flexibility index (Phi) is 3.63. The van der Waals surface area contributed by atoms with Gasteiger partial charge in [0.1, 0.15) is 12.6 Å². The summed E-state index contributed by atoms with van der Waals surface area (Å²) in [5, 5.41) is 12.1. The summed E-state index contributed by atoms with van der Waals surface area (Å²) in [5.74, 6) is -0.0226. The van der Waals surface area contributed by atoms with Gasteiger partial charge in [0.25, 0.3) is 0 Å². The maximum absolute atomic E-state index is 12.3. The van der Waals surface area contributed by atoms with Crippen LogP contribution < -0.4 is 10.2 Å². The maximum atomic E-state index is 12.3. The first-order valence-corrected chi connectivity index (χ1v) is 6.21. The summed E-state index contributed by atoms with van der Waals surface area (Å²) in [6.07, 6.45) is 0.975. The largest absolute Gasteiger partial charge is 0.302 e. The first-order chi connectivity index (χ1) is 8.69. The zero-order chi connectivity index (χ0) is 13.1. The molecule has 0 aromatic heterocycles. The quantitative estimate of drug-likeness (QED) is 0.822. The van der Waals surface area contributed by atoms with Gasteiger partial charge < -0.3 is 5.32 Å². The predicted molar refractivity (Wildman–Crippen MR) is 70.2 cm³/mol. The Hall–Kier alpha value is -1.86. The number of carbonyl (C=O) groups excluding carboxylic acids is 1. The number of anilines is 1. The summed E-state index contributed by atoms with van der Waals surface area (Å²) in [6, 6.07) is 7.67. The van der Waals surface area contributed by atoms with Crippen molar-refractivity contribution in [2.24, 2.45) is 0 Å². The monoisotopic (exact) mass is 243 g/mol. The lowest BCUT2D eigenvalue weighted by Crippen LogP contribution is -2.35. The average molecular weight is 243 g/mol. The molecule has 0 fully saturated rings. The van der Waals surface area contributed by atoms with Gasteiger partial charge in [-0.2, -0.15) is 5.26 Å². The summed E-state index contributed by atoms with van der Waals surface area (Å²) in [5.41, 5.74) is 2.98. The molecule has 0 saturated carbocycles. The van der Waals surface area contributed by atoms with Gasteiger partial charge in [0.05, 0.1) is 11.8 Å². The van der Waals surface area contributed by atoms with E-state index in [-0.39, 0.29) is 18.5 Å². The van der Waals surface area contributed by atoms with Crippen molar-refractivity contribution in [1.82, 2.24) is 5.32 Å². The Morgan fingerprint density at radius 2 is 2.28 bits per heavy atom. The van der Waals surface area contributed by atoms with Gasteiger partial charge in [0, 0.05) is 5.56 Å². The average Bonchev–Trinajstić information content (AvgIpc) is 2.60. The minimum Gasteiger partial charge on any atom is -0.302 e. The van der Waals surface area contributed by atoms with Crippen LogP contribution in [-0.2, 0) is 4.79 Å². The van der Waals surface area contributed by atoms with Crippen LogP contribution in [0.25, 0.3) is 0 Å². The Balaban J connectivity index is 2.38. The molecule has 1 heterocycles. The zero-order valence-electron chi connectivity index (χ0n) is 10.7. The molecule has 1 aliphatic heterocycles. The van der Waals surface area contributed by atoms with Crippen LogP contribution in [0.1, 0.15) is 30.5 Å². The smallest absolute Gasteiger partial charge is 0.249 e. The molecule has 94 valence electrons. The van der Waals surface area contributed by atoms with Crippen molar-refractivity contribution in [2.75, 3.05) is 18.0 Å². The van der Waals surface area contributed by atoms with E-state index in [1.165, 1.54) is 0 Å². The molecule has 1 aromatic rings. The minimum atomic E-state index is -0.298. The summed E-state index contributed by atoms with van der Waals surface area (Å²) < 4.78 is 0. The number of fused-ring (bicyclic) bond motifs is 1. The third kappa shape index (κ3) is 2.09. The molecule has 0 bridgehead atoms. The molecular formula is C14H17N3O. The lowest BCUT2D eigenvalue weighted by atomic mass is 10.1. The second-order valence-corrected chi connectivity index (χ2v) is 4.53. The molecule has 0 spiro atoms. The highest BCUT2D eigenvalue weighted by atomic mass is 16.2. The van der Waals surface area contributed by atoms with Crippen molar-refractivity contribution < 1.29 is 4.79 Å². The van der Waals surface area contributed by atoms with Crippen LogP contribution in [0.15, 0.2) is 18.2 Å². The highest BCUT2D eigenvalue weighted by Gasteiger charge is 2.36. The van der Waals surface area contributed by atoms with E-state index in [4.69, 9.17) is 5.26 Å². The van der Waals surface area contributed by atoms with Crippen molar-refractivity contribution >= 4 is 11.6 Å². The van der Waals surface area contributed by atoms with E-state index in [0.29, 0.717) is 0 Å². The highest BCUT2D eigenvalue weighted by Crippen LogP contribution is 2.36. The van der Waals surface area contributed by atoms with Crippen molar-refractivity contribution in [3.63, 3.8) is 0 Å². The van der Waals surface area contributed by atoms with Crippen LogP contribution >= 0.6 is 0 Å². The number of hydrogen-bond acceptors (Lipinski definition) is 3. The molecule has 0 aliphatic carbocycles. The van der Waals surface area contributed by atoms with Crippen LogP contribution in [0.2, 0.25) is 0 Å². The van der Waals surface area contributed by atoms with Crippen LogP contribution in [0.3, 0.4) is 0 Å². The first-order valence-electron chi connectivity index (χ1n) is 6.21. The second-order valence-electron chi connectivity index (χ2n) is 4.53. The van der Waals surface area contributed by atoms with Crippen LogP contribution in [0.4, 0.5) is 5.69 Å².